The topological polar surface area (TPSA) is 44.5 Å². The maximum Gasteiger partial charge on any atom is 0.0816 e. The Hall–Kier alpha value is -0.120. The van der Waals surface area contributed by atoms with Crippen LogP contribution in [0.25, 0.3) is 0 Å². The number of methoxy groups -OCH3 is 2. The summed E-state index contributed by atoms with van der Waals surface area (Å²) < 4.78 is 9.89. The van der Waals surface area contributed by atoms with Crippen molar-refractivity contribution in [1.29, 1.82) is 0 Å². The van der Waals surface area contributed by atoms with Gasteiger partial charge in [0.15, 0.2) is 0 Å². The van der Waals surface area contributed by atoms with E-state index in [1.807, 2.05) is 0 Å². The van der Waals surface area contributed by atoms with Crippen LogP contribution in [0.3, 0.4) is 0 Å². The van der Waals surface area contributed by atoms with Crippen LogP contribution in [0.1, 0.15) is 6.42 Å². The van der Waals surface area contributed by atoms with Gasteiger partial charge in [0, 0.05) is 14.2 Å². The van der Waals surface area contributed by atoms with Gasteiger partial charge in [0.1, 0.15) is 0 Å². The lowest BCUT2D eigenvalue weighted by atomic mass is 10.3. The Morgan fingerprint density at radius 1 is 1.44 bits per heavy atom. The SMILES string of the molecule is COCC(CCN)OC. The quantitative estimate of drug-likeness (QED) is 0.574. The van der Waals surface area contributed by atoms with Crippen LogP contribution in [0.5, 0.6) is 0 Å². The van der Waals surface area contributed by atoms with Gasteiger partial charge in [-0.05, 0) is 13.0 Å². The summed E-state index contributed by atoms with van der Waals surface area (Å²) in [5.74, 6) is 0. The molecule has 3 nitrogen and oxygen atoms in total. The Labute approximate surface area is 56.1 Å². The van der Waals surface area contributed by atoms with Crippen LogP contribution >= 0.6 is 0 Å². The molecule has 0 saturated carbocycles. The second kappa shape index (κ2) is 6.01. The fourth-order valence-corrected chi connectivity index (χ4v) is 0.641. The summed E-state index contributed by atoms with van der Waals surface area (Å²) >= 11 is 0. The minimum atomic E-state index is 0.167. The Kier molecular flexibility index (Phi) is 5.93. The van der Waals surface area contributed by atoms with Crippen LogP contribution in [-0.2, 0) is 9.47 Å². The molecule has 0 heterocycles. The Balaban J connectivity index is 3.18. The van der Waals surface area contributed by atoms with Crippen molar-refractivity contribution in [3.63, 3.8) is 0 Å². The number of hydrogen-bond donors (Lipinski definition) is 1. The van der Waals surface area contributed by atoms with E-state index < -0.39 is 0 Å². The highest BCUT2D eigenvalue weighted by Gasteiger charge is 2.03. The third kappa shape index (κ3) is 4.39. The van der Waals surface area contributed by atoms with Gasteiger partial charge in [-0.1, -0.05) is 0 Å². The van der Waals surface area contributed by atoms with Crippen molar-refractivity contribution in [2.75, 3.05) is 27.4 Å². The predicted molar refractivity (Wildman–Crippen MR) is 36.3 cm³/mol. The van der Waals surface area contributed by atoms with E-state index in [2.05, 4.69) is 0 Å². The first-order valence-corrected chi connectivity index (χ1v) is 3.07. The molecule has 9 heavy (non-hydrogen) atoms. The molecule has 0 amide bonds. The molecule has 0 saturated heterocycles. The van der Waals surface area contributed by atoms with Gasteiger partial charge in [-0.2, -0.15) is 0 Å². The molecule has 1 atom stereocenters. The first kappa shape index (κ1) is 8.88. The highest BCUT2D eigenvalue weighted by atomic mass is 16.5. The largest absolute Gasteiger partial charge is 0.382 e. The van der Waals surface area contributed by atoms with Crippen molar-refractivity contribution in [2.45, 2.75) is 12.5 Å². The summed E-state index contributed by atoms with van der Waals surface area (Å²) in [5, 5.41) is 0. The number of rotatable bonds is 5. The van der Waals surface area contributed by atoms with E-state index in [4.69, 9.17) is 15.2 Å². The first-order valence-electron chi connectivity index (χ1n) is 3.07. The van der Waals surface area contributed by atoms with Crippen molar-refractivity contribution in [3.05, 3.63) is 0 Å². The van der Waals surface area contributed by atoms with Crippen LogP contribution < -0.4 is 5.73 Å². The number of hydrogen-bond acceptors (Lipinski definition) is 3. The summed E-state index contributed by atoms with van der Waals surface area (Å²) in [6.45, 7) is 1.29. The molecule has 0 fully saturated rings. The van der Waals surface area contributed by atoms with E-state index in [9.17, 15) is 0 Å². The highest BCUT2D eigenvalue weighted by molar-refractivity contribution is 4.54. The van der Waals surface area contributed by atoms with Gasteiger partial charge in [0.05, 0.1) is 12.7 Å². The molecule has 3 heteroatoms. The summed E-state index contributed by atoms with van der Waals surface area (Å²) in [5.41, 5.74) is 5.30. The summed E-state index contributed by atoms with van der Waals surface area (Å²) in [4.78, 5) is 0. The van der Waals surface area contributed by atoms with Crippen LogP contribution in [0, 0.1) is 0 Å². The average Bonchev–Trinajstić information content (AvgIpc) is 1.88. The molecular formula is C6H15NO2. The van der Waals surface area contributed by atoms with Crippen LogP contribution in [0.15, 0.2) is 0 Å². The molecule has 0 spiro atoms. The molecule has 0 aliphatic carbocycles. The molecular weight excluding hydrogens is 118 g/mol. The molecule has 0 bridgehead atoms. The van der Waals surface area contributed by atoms with Crippen molar-refractivity contribution in [3.8, 4) is 0 Å². The zero-order valence-electron chi connectivity index (χ0n) is 6.09. The number of nitrogens with two attached hydrogens (primary N) is 1. The monoisotopic (exact) mass is 133 g/mol. The minimum Gasteiger partial charge on any atom is -0.382 e. The maximum atomic E-state index is 5.30. The lowest BCUT2D eigenvalue weighted by Crippen LogP contribution is -2.20. The standard InChI is InChI=1S/C6H15NO2/c1-8-5-6(9-2)3-4-7/h6H,3-5,7H2,1-2H3. The Bertz CT molecular complexity index is 53.0. The van der Waals surface area contributed by atoms with Gasteiger partial charge in [-0.3, -0.25) is 0 Å². The molecule has 0 aromatic rings. The molecule has 1 unspecified atom stereocenters. The van der Waals surface area contributed by atoms with Gasteiger partial charge in [0.25, 0.3) is 0 Å². The molecule has 0 aliphatic heterocycles. The highest BCUT2D eigenvalue weighted by Crippen LogP contribution is 1.94. The minimum absolute atomic E-state index is 0.167. The average molecular weight is 133 g/mol. The zero-order valence-corrected chi connectivity index (χ0v) is 6.09. The summed E-state index contributed by atoms with van der Waals surface area (Å²) in [7, 11) is 3.32. The Morgan fingerprint density at radius 2 is 2.11 bits per heavy atom. The molecule has 0 aliphatic rings. The molecule has 56 valence electrons. The smallest absolute Gasteiger partial charge is 0.0816 e. The van der Waals surface area contributed by atoms with Gasteiger partial charge < -0.3 is 15.2 Å². The van der Waals surface area contributed by atoms with Crippen LogP contribution in [-0.4, -0.2) is 33.5 Å². The van der Waals surface area contributed by atoms with E-state index in [-0.39, 0.29) is 6.10 Å². The van der Waals surface area contributed by atoms with Gasteiger partial charge in [-0.15, -0.1) is 0 Å². The summed E-state index contributed by atoms with van der Waals surface area (Å²) in [6.07, 6.45) is 1.03. The lowest BCUT2D eigenvalue weighted by Gasteiger charge is -2.11. The van der Waals surface area contributed by atoms with Crippen molar-refractivity contribution >= 4 is 0 Å². The van der Waals surface area contributed by atoms with E-state index in [1.165, 1.54) is 0 Å². The maximum absolute atomic E-state index is 5.30. The molecule has 0 radical (unpaired) electrons. The van der Waals surface area contributed by atoms with Gasteiger partial charge in [0.2, 0.25) is 0 Å². The lowest BCUT2D eigenvalue weighted by molar-refractivity contribution is 0.0250. The fraction of sp³-hybridized carbons (Fsp3) is 1.00. The normalized spacial score (nSPS) is 13.7. The van der Waals surface area contributed by atoms with Crippen molar-refractivity contribution < 1.29 is 9.47 Å². The zero-order chi connectivity index (χ0) is 7.11. The van der Waals surface area contributed by atoms with E-state index >= 15 is 0 Å². The third-order valence-corrected chi connectivity index (χ3v) is 1.17. The second-order valence-electron chi connectivity index (χ2n) is 1.89. The van der Waals surface area contributed by atoms with Crippen LogP contribution in [0.2, 0.25) is 0 Å². The second-order valence-corrected chi connectivity index (χ2v) is 1.89. The van der Waals surface area contributed by atoms with E-state index in [0.29, 0.717) is 13.2 Å². The first-order chi connectivity index (χ1) is 4.35. The molecule has 2 N–H and O–H groups in total. The van der Waals surface area contributed by atoms with Gasteiger partial charge in [-0.25, -0.2) is 0 Å². The molecule has 0 aromatic carbocycles. The molecule has 0 aromatic heterocycles. The van der Waals surface area contributed by atoms with Crippen LogP contribution in [0.4, 0.5) is 0 Å². The fourth-order valence-electron chi connectivity index (χ4n) is 0.641. The summed E-state index contributed by atoms with van der Waals surface area (Å²) in [6, 6.07) is 0. The van der Waals surface area contributed by atoms with Crippen molar-refractivity contribution in [1.82, 2.24) is 0 Å². The third-order valence-electron chi connectivity index (χ3n) is 1.17. The van der Waals surface area contributed by atoms with E-state index in [0.717, 1.165) is 6.42 Å². The van der Waals surface area contributed by atoms with Crippen molar-refractivity contribution in [2.24, 2.45) is 5.73 Å². The number of ether oxygens (including phenoxy) is 2. The molecule has 0 rings (SSSR count). The Morgan fingerprint density at radius 3 is 2.44 bits per heavy atom. The van der Waals surface area contributed by atoms with Gasteiger partial charge >= 0.3 is 0 Å². The van der Waals surface area contributed by atoms with E-state index in [1.54, 1.807) is 14.2 Å². The predicted octanol–water partition coefficient (Wildman–Crippen LogP) is -0.00340.